The van der Waals surface area contributed by atoms with Crippen LogP contribution in [0.2, 0.25) is 0 Å². The van der Waals surface area contributed by atoms with Crippen LogP contribution in [0.25, 0.3) is 0 Å². The molecule has 11 heavy (non-hydrogen) atoms. The van der Waals surface area contributed by atoms with E-state index in [1.165, 1.54) is 0 Å². The molecule has 1 aliphatic heterocycles. The molecule has 2 atom stereocenters. The van der Waals surface area contributed by atoms with Crippen molar-refractivity contribution in [1.82, 2.24) is 4.90 Å². The molecular weight excluding hydrogens is 138 g/mol. The summed E-state index contributed by atoms with van der Waals surface area (Å²) in [5.74, 6) is 0. The smallest absolute Gasteiger partial charge is 0.0620 e. The maximum absolute atomic E-state index is 5.41. The molecule has 1 radical (unpaired) electrons. The van der Waals surface area contributed by atoms with Crippen molar-refractivity contribution in [3.63, 3.8) is 0 Å². The summed E-state index contributed by atoms with van der Waals surface area (Å²) in [5, 5.41) is 0. The predicted molar refractivity (Wildman–Crippen MR) is 46.4 cm³/mol. The summed E-state index contributed by atoms with van der Waals surface area (Å²) in [5.41, 5.74) is 0. The van der Waals surface area contributed by atoms with Gasteiger partial charge >= 0.3 is 0 Å². The summed E-state index contributed by atoms with van der Waals surface area (Å²) in [6, 6.07) is 1.14. The lowest BCUT2D eigenvalue weighted by molar-refractivity contribution is -0.0356. The van der Waals surface area contributed by atoms with E-state index in [0.717, 1.165) is 26.2 Å². The highest BCUT2D eigenvalue weighted by Crippen LogP contribution is 2.12. The molecule has 0 unspecified atom stereocenters. The third-order valence-corrected chi connectivity index (χ3v) is 2.27. The summed E-state index contributed by atoms with van der Waals surface area (Å²) in [7, 11) is 0. The number of morpholine rings is 1. The van der Waals surface area contributed by atoms with Crippen LogP contribution in [-0.4, -0.2) is 36.7 Å². The lowest BCUT2D eigenvalue weighted by Crippen LogP contribution is -2.49. The minimum absolute atomic E-state index is 0.570. The molecule has 1 aliphatic rings. The Bertz CT molecular complexity index is 106. The van der Waals surface area contributed by atoms with E-state index < -0.39 is 0 Å². The van der Waals surface area contributed by atoms with Gasteiger partial charge in [0.1, 0.15) is 0 Å². The van der Waals surface area contributed by atoms with Crippen molar-refractivity contribution >= 4 is 0 Å². The van der Waals surface area contributed by atoms with Gasteiger partial charge in [0.05, 0.1) is 13.2 Å². The van der Waals surface area contributed by atoms with Gasteiger partial charge in [0.2, 0.25) is 0 Å². The van der Waals surface area contributed by atoms with E-state index in [1.807, 2.05) is 0 Å². The first-order valence-corrected chi connectivity index (χ1v) is 4.38. The minimum atomic E-state index is 0.570. The summed E-state index contributed by atoms with van der Waals surface area (Å²) >= 11 is 0. The first-order valence-electron chi connectivity index (χ1n) is 4.38. The molecule has 1 saturated heterocycles. The lowest BCUT2D eigenvalue weighted by atomic mass is 10.1. The van der Waals surface area contributed by atoms with Crippen LogP contribution in [0.3, 0.4) is 0 Å². The van der Waals surface area contributed by atoms with Gasteiger partial charge in [-0.15, -0.1) is 0 Å². The van der Waals surface area contributed by atoms with Crippen LogP contribution in [0, 0.1) is 6.92 Å². The van der Waals surface area contributed by atoms with E-state index in [4.69, 9.17) is 4.74 Å². The van der Waals surface area contributed by atoms with E-state index in [-0.39, 0.29) is 0 Å². The summed E-state index contributed by atoms with van der Waals surface area (Å²) in [6.45, 7) is 11.2. The van der Waals surface area contributed by atoms with Crippen molar-refractivity contribution in [2.75, 3.05) is 19.8 Å². The average Bonchev–Trinajstić information content (AvgIpc) is 1.97. The number of ether oxygens (including phenoxy) is 1. The fraction of sp³-hybridized carbons (Fsp3) is 0.889. The standard InChI is InChI=1S/C9H18NO/c1-4-5-10-8(2)6-11-7-9(10)3/h8-9H,1,4-7H2,2-3H3/t8-,9+. The van der Waals surface area contributed by atoms with Crippen molar-refractivity contribution < 1.29 is 4.74 Å². The van der Waals surface area contributed by atoms with Crippen molar-refractivity contribution in [3.8, 4) is 0 Å². The second-order valence-corrected chi connectivity index (χ2v) is 3.33. The van der Waals surface area contributed by atoms with E-state index >= 15 is 0 Å². The monoisotopic (exact) mass is 156 g/mol. The van der Waals surface area contributed by atoms with Crippen LogP contribution in [0.5, 0.6) is 0 Å². The Morgan fingerprint density at radius 3 is 2.36 bits per heavy atom. The molecule has 0 aromatic heterocycles. The van der Waals surface area contributed by atoms with Gasteiger partial charge in [-0.05, 0) is 26.8 Å². The molecule has 0 N–H and O–H groups in total. The SMILES string of the molecule is [CH2]CCN1[C@H](C)COC[C@@H]1C. The van der Waals surface area contributed by atoms with Gasteiger partial charge in [-0.1, -0.05) is 6.92 Å². The third kappa shape index (κ3) is 2.17. The van der Waals surface area contributed by atoms with Crippen molar-refractivity contribution in [1.29, 1.82) is 0 Å². The maximum Gasteiger partial charge on any atom is 0.0620 e. The van der Waals surface area contributed by atoms with Crippen LogP contribution in [-0.2, 0) is 4.74 Å². The molecule has 0 aromatic carbocycles. The molecule has 2 heteroatoms. The number of hydrogen-bond acceptors (Lipinski definition) is 2. The highest BCUT2D eigenvalue weighted by molar-refractivity contribution is 4.77. The van der Waals surface area contributed by atoms with Crippen LogP contribution < -0.4 is 0 Å². The molecule has 2 nitrogen and oxygen atoms in total. The molecule has 0 amide bonds. The Balaban J connectivity index is 2.41. The minimum Gasteiger partial charge on any atom is -0.378 e. The first-order chi connectivity index (χ1) is 5.25. The van der Waals surface area contributed by atoms with Gasteiger partial charge in [-0.2, -0.15) is 0 Å². The molecule has 0 aromatic rings. The highest BCUT2D eigenvalue weighted by Gasteiger charge is 2.23. The third-order valence-electron chi connectivity index (χ3n) is 2.27. The Labute approximate surface area is 69.5 Å². The predicted octanol–water partition coefficient (Wildman–Crippen LogP) is 1.32. The quantitative estimate of drug-likeness (QED) is 0.598. The van der Waals surface area contributed by atoms with Crippen molar-refractivity contribution in [3.05, 3.63) is 6.92 Å². The first kappa shape index (κ1) is 9.01. The zero-order valence-electron chi connectivity index (χ0n) is 7.55. The highest BCUT2D eigenvalue weighted by atomic mass is 16.5. The van der Waals surface area contributed by atoms with Gasteiger partial charge in [-0.25, -0.2) is 0 Å². The normalized spacial score (nSPS) is 34.1. The summed E-state index contributed by atoms with van der Waals surface area (Å²) in [4.78, 5) is 2.47. The van der Waals surface area contributed by atoms with Crippen LogP contribution in [0.4, 0.5) is 0 Å². The Kier molecular flexibility index (Phi) is 3.34. The van der Waals surface area contributed by atoms with Crippen molar-refractivity contribution in [2.45, 2.75) is 32.4 Å². The van der Waals surface area contributed by atoms with Gasteiger partial charge < -0.3 is 4.74 Å². The lowest BCUT2D eigenvalue weighted by Gasteiger charge is -2.38. The maximum atomic E-state index is 5.41. The molecule has 1 rings (SSSR count). The molecule has 0 spiro atoms. The largest absolute Gasteiger partial charge is 0.378 e. The molecule has 0 bridgehead atoms. The van der Waals surface area contributed by atoms with E-state index in [1.54, 1.807) is 0 Å². The molecule has 1 fully saturated rings. The fourth-order valence-corrected chi connectivity index (χ4v) is 1.66. The average molecular weight is 156 g/mol. The van der Waals surface area contributed by atoms with Crippen LogP contribution in [0.15, 0.2) is 0 Å². The number of nitrogens with zero attached hydrogens (tertiary/aromatic N) is 1. The molecule has 1 heterocycles. The Morgan fingerprint density at radius 1 is 1.36 bits per heavy atom. The molecule has 0 aliphatic carbocycles. The van der Waals surface area contributed by atoms with Gasteiger partial charge in [0, 0.05) is 12.1 Å². The molecular formula is C9H18NO. The van der Waals surface area contributed by atoms with E-state index in [0.29, 0.717) is 12.1 Å². The van der Waals surface area contributed by atoms with Gasteiger partial charge in [0.15, 0.2) is 0 Å². The fourth-order valence-electron chi connectivity index (χ4n) is 1.66. The molecule has 65 valence electrons. The second-order valence-electron chi connectivity index (χ2n) is 3.33. The second kappa shape index (κ2) is 4.07. The summed E-state index contributed by atoms with van der Waals surface area (Å²) in [6.07, 6.45) is 0.995. The number of rotatable bonds is 2. The van der Waals surface area contributed by atoms with E-state index in [9.17, 15) is 0 Å². The van der Waals surface area contributed by atoms with E-state index in [2.05, 4.69) is 25.7 Å². The van der Waals surface area contributed by atoms with Crippen molar-refractivity contribution in [2.24, 2.45) is 0 Å². The Morgan fingerprint density at radius 2 is 1.91 bits per heavy atom. The van der Waals surface area contributed by atoms with Crippen LogP contribution in [0.1, 0.15) is 20.3 Å². The number of hydrogen-bond donors (Lipinski definition) is 0. The summed E-state index contributed by atoms with van der Waals surface area (Å²) < 4.78 is 5.41. The van der Waals surface area contributed by atoms with Crippen LogP contribution >= 0.6 is 0 Å². The van der Waals surface area contributed by atoms with Gasteiger partial charge in [-0.3, -0.25) is 4.90 Å². The topological polar surface area (TPSA) is 12.5 Å². The zero-order chi connectivity index (χ0) is 8.27. The van der Waals surface area contributed by atoms with Gasteiger partial charge in [0.25, 0.3) is 0 Å². The zero-order valence-corrected chi connectivity index (χ0v) is 7.55. The molecule has 0 saturated carbocycles. The Hall–Kier alpha value is -0.0800.